The molecule has 0 atom stereocenters. The van der Waals surface area contributed by atoms with Crippen molar-refractivity contribution in [3.05, 3.63) is 29.6 Å². The molecule has 1 saturated heterocycles. The molecule has 1 aromatic rings. The quantitative estimate of drug-likeness (QED) is 0.480. The van der Waals surface area contributed by atoms with E-state index in [1.54, 1.807) is 12.1 Å². The highest BCUT2D eigenvalue weighted by molar-refractivity contribution is 6.05. The summed E-state index contributed by atoms with van der Waals surface area (Å²) in [5.41, 5.74) is 0.390. The van der Waals surface area contributed by atoms with Gasteiger partial charge in [0.25, 0.3) is 5.91 Å². The van der Waals surface area contributed by atoms with Gasteiger partial charge >= 0.3 is 0 Å². The number of hydrogen-bond acceptors (Lipinski definition) is 5. The fourth-order valence-corrected chi connectivity index (χ4v) is 1.74. The molecule has 0 radical (unpaired) electrons. The van der Waals surface area contributed by atoms with E-state index < -0.39 is 17.7 Å². The van der Waals surface area contributed by atoms with Gasteiger partial charge in [-0.2, -0.15) is 0 Å². The van der Waals surface area contributed by atoms with Gasteiger partial charge in [0, 0.05) is 6.20 Å². The van der Waals surface area contributed by atoms with Crippen LogP contribution in [0, 0.1) is 11.8 Å². The summed E-state index contributed by atoms with van der Waals surface area (Å²) in [5, 5.41) is 10.8. The number of aromatic nitrogens is 1. The van der Waals surface area contributed by atoms with Crippen LogP contribution in [-0.2, 0) is 9.59 Å². The Bertz CT molecular complexity index is 614. The van der Waals surface area contributed by atoms with Crippen LogP contribution in [0.4, 0.5) is 0 Å². The zero-order valence-electron chi connectivity index (χ0n) is 10.4. The molecule has 7 nitrogen and oxygen atoms in total. The molecule has 20 heavy (non-hydrogen) atoms. The first-order chi connectivity index (χ1) is 9.61. The number of amides is 3. The monoisotopic (exact) mass is 273 g/mol. The van der Waals surface area contributed by atoms with Gasteiger partial charge in [0.2, 0.25) is 11.8 Å². The zero-order chi connectivity index (χ0) is 14.5. The van der Waals surface area contributed by atoms with Crippen LogP contribution in [0.1, 0.15) is 16.1 Å². The van der Waals surface area contributed by atoms with E-state index in [9.17, 15) is 14.4 Å². The lowest BCUT2D eigenvalue weighted by Gasteiger charge is -2.25. The Balaban J connectivity index is 2.29. The smallest absolute Gasteiger partial charge is 0.274 e. The van der Waals surface area contributed by atoms with Gasteiger partial charge in [0.05, 0.1) is 5.56 Å². The standard InChI is InChI=1S/C13H11N3O4/c17-6-2-4-9-3-1-5-14-12(9)13(20)16-7-10(18)15-11(19)8-16/h1,3,5,17H,6-8H2,(H,15,18,19). The first-order valence-corrected chi connectivity index (χ1v) is 5.78. The molecule has 0 spiro atoms. The lowest BCUT2D eigenvalue weighted by molar-refractivity contribution is -0.135. The van der Waals surface area contributed by atoms with Crippen LogP contribution >= 0.6 is 0 Å². The topological polar surface area (TPSA) is 99.6 Å². The SMILES string of the molecule is O=C1CN(C(=O)c2ncccc2C#CCO)CC(=O)N1. The summed E-state index contributed by atoms with van der Waals surface area (Å²) in [6, 6.07) is 3.18. The van der Waals surface area contributed by atoms with E-state index in [0.29, 0.717) is 5.56 Å². The summed E-state index contributed by atoms with van der Waals surface area (Å²) in [5.74, 6) is 3.43. The third kappa shape index (κ3) is 2.99. The zero-order valence-corrected chi connectivity index (χ0v) is 10.4. The van der Waals surface area contributed by atoms with Gasteiger partial charge in [-0.3, -0.25) is 19.7 Å². The maximum absolute atomic E-state index is 12.3. The molecule has 0 unspecified atom stereocenters. The molecule has 1 fully saturated rings. The van der Waals surface area contributed by atoms with Crippen LogP contribution in [0.2, 0.25) is 0 Å². The summed E-state index contributed by atoms with van der Waals surface area (Å²) in [6.07, 6.45) is 1.42. The number of carbonyl (C=O) groups excluding carboxylic acids is 3. The van der Waals surface area contributed by atoms with Gasteiger partial charge in [-0.25, -0.2) is 4.98 Å². The Morgan fingerprint density at radius 3 is 2.75 bits per heavy atom. The second-order valence-corrected chi connectivity index (χ2v) is 3.99. The normalized spacial score (nSPS) is 14.3. The predicted octanol–water partition coefficient (Wildman–Crippen LogP) is -1.48. The average Bonchev–Trinajstić information content (AvgIpc) is 2.43. The van der Waals surface area contributed by atoms with E-state index in [0.717, 1.165) is 4.90 Å². The van der Waals surface area contributed by atoms with Crippen LogP contribution in [0.15, 0.2) is 18.3 Å². The number of hydrogen-bond donors (Lipinski definition) is 2. The number of carbonyl (C=O) groups is 3. The molecule has 0 aromatic carbocycles. The molecular formula is C13H11N3O4. The van der Waals surface area contributed by atoms with Gasteiger partial charge < -0.3 is 10.0 Å². The van der Waals surface area contributed by atoms with E-state index >= 15 is 0 Å². The summed E-state index contributed by atoms with van der Waals surface area (Å²) in [7, 11) is 0. The van der Waals surface area contributed by atoms with Crippen LogP contribution in [0.25, 0.3) is 0 Å². The Morgan fingerprint density at radius 2 is 2.10 bits per heavy atom. The first kappa shape index (κ1) is 13.7. The minimum atomic E-state index is -0.545. The van der Waals surface area contributed by atoms with Crippen molar-refractivity contribution in [2.45, 2.75) is 0 Å². The summed E-state index contributed by atoms with van der Waals surface area (Å²) in [4.78, 5) is 39.9. The molecule has 7 heteroatoms. The Kier molecular flexibility index (Phi) is 4.08. The summed E-state index contributed by atoms with van der Waals surface area (Å²) in [6.45, 7) is -0.741. The Morgan fingerprint density at radius 1 is 1.40 bits per heavy atom. The van der Waals surface area contributed by atoms with Crippen molar-refractivity contribution in [1.82, 2.24) is 15.2 Å². The number of imide groups is 1. The lowest BCUT2D eigenvalue weighted by atomic mass is 10.1. The predicted molar refractivity (Wildman–Crippen MR) is 67.3 cm³/mol. The molecule has 1 aromatic heterocycles. The van der Waals surface area contributed by atoms with Gasteiger partial charge in [0.1, 0.15) is 25.4 Å². The van der Waals surface area contributed by atoms with Gasteiger partial charge in [-0.1, -0.05) is 11.8 Å². The van der Waals surface area contributed by atoms with Crippen LogP contribution in [0.3, 0.4) is 0 Å². The van der Waals surface area contributed by atoms with Crippen molar-refractivity contribution in [3.8, 4) is 11.8 Å². The third-order valence-corrected chi connectivity index (χ3v) is 2.55. The molecule has 0 aliphatic carbocycles. The minimum absolute atomic E-state index is 0.0518. The van der Waals surface area contributed by atoms with E-state index in [2.05, 4.69) is 22.1 Å². The van der Waals surface area contributed by atoms with Crippen molar-refractivity contribution in [2.75, 3.05) is 19.7 Å². The van der Waals surface area contributed by atoms with E-state index in [4.69, 9.17) is 5.11 Å². The summed E-state index contributed by atoms with van der Waals surface area (Å²) < 4.78 is 0. The fourth-order valence-electron chi connectivity index (χ4n) is 1.74. The molecule has 102 valence electrons. The van der Waals surface area contributed by atoms with Crippen molar-refractivity contribution < 1.29 is 19.5 Å². The number of nitrogens with one attached hydrogen (secondary N) is 1. The molecule has 0 bridgehead atoms. The molecule has 2 N–H and O–H groups in total. The molecule has 2 heterocycles. The van der Waals surface area contributed by atoms with Crippen molar-refractivity contribution >= 4 is 17.7 Å². The average molecular weight is 273 g/mol. The van der Waals surface area contributed by atoms with E-state index in [-0.39, 0.29) is 25.4 Å². The fraction of sp³-hybridized carbons (Fsp3) is 0.231. The van der Waals surface area contributed by atoms with Crippen LogP contribution in [0.5, 0.6) is 0 Å². The highest BCUT2D eigenvalue weighted by Gasteiger charge is 2.28. The van der Waals surface area contributed by atoms with E-state index in [1.807, 2.05) is 0 Å². The molecule has 0 saturated carbocycles. The van der Waals surface area contributed by atoms with Gasteiger partial charge in [0.15, 0.2) is 0 Å². The number of piperazine rings is 1. The third-order valence-electron chi connectivity index (χ3n) is 2.55. The Hall–Kier alpha value is -2.72. The maximum Gasteiger partial charge on any atom is 0.274 e. The highest BCUT2D eigenvalue weighted by Crippen LogP contribution is 2.09. The van der Waals surface area contributed by atoms with Crippen molar-refractivity contribution in [3.63, 3.8) is 0 Å². The number of aliphatic hydroxyl groups is 1. The van der Waals surface area contributed by atoms with Crippen LogP contribution in [-0.4, -0.2) is 52.4 Å². The number of pyridine rings is 1. The first-order valence-electron chi connectivity index (χ1n) is 5.78. The second-order valence-electron chi connectivity index (χ2n) is 3.99. The maximum atomic E-state index is 12.3. The molecule has 1 aliphatic rings. The molecule has 1 aliphatic heterocycles. The highest BCUT2D eigenvalue weighted by atomic mass is 16.2. The minimum Gasteiger partial charge on any atom is -0.384 e. The number of aliphatic hydroxyl groups excluding tert-OH is 1. The molecule has 3 amide bonds. The largest absolute Gasteiger partial charge is 0.384 e. The van der Waals surface area contributed by atoms with Crippen molar-refractivity contribution in [1.29, 1.82) is 0 Å². The molecule has 2 rings (SSSR count). The summed E-state index contributed by atoms with van der Waals surface area (Å²) >= 11 is 0. The van der Waals surface area contributed by atoms with Crippen LogP contribution < -0.4 is 5.32 Å². The number of rotatable bonds is 1. The lowest BCUT2D eigenvalue weighted by Crippen LogP contribution is -2.53. The van der Waals surface area contributed by atoms with Crippen molar-refractivity contribution in [2.24, 2.45) is 0 Å². The molecular weight excluding hydrogens is 262 g/mol. The second kappa shape index (κ2) is 5.95. The Labute approximate surface area is 114 Å². The van der Waals surface area contributed by atoms with Gasteiger partial charge in [-0.15, -0.1) is 0 Å². The van der Waals surface area contributed by atoms with E-state index in [1.165, 1.54) is 6.20 Å². The number of nitrogens with zero attached hydrogens (tertiary/aromatic N) is 2. The van der Waals surface area contributed by atoms with Gasteiger partial charge in [-0.05, 0) is 12.1 Å².